The van der Waals surface area contributed by atoms with Crippen LogP contribution in [0.1, 0.15) is 17.7 Å². The van der Waals surface area contributed by atoms with Crippen LogP contribution in [0.25, 0.3) is 0 Å². The van der Waals surface area contributed by atoms with Gasteiger partial charge in [-0.3, -0.25) is 9.89 Å². The number of carboxylic acids is 1. The van der Waals surface area contributed by atoms with E-state index < -0.39 is 5.97 Å². The Labute approximate surface area is 68.4 Å². The lowest BCUT2D eigenvalue weighted by atomic mass is 10.1. The van der Waals surface area contributed by atoms with Crippen LogP contribution in [0.4, 0.5) is 0 Å². The summed E-state index contributed by atoms with van der Waals surface area (Å²) >= 11 is 0. The van der Waals surface area contributed by atoms with Gasteiger partial charge in [0.2, 0.25) is 0 Å². The highest BCUT2D eigenvalue weighted by Crippen LogP contribution is 1.99. The summed E-state index contributed by atoms with van der Waals surface area (Å²) in [7, 11) is 0. The van der Waals surface area contributed by atoms with Crippen molar-refractivity contribution in [3.8, 4) is 0 Å². The minimum absolute atomic E-state index is 0.123. The first-order valence-electron chi connectivity index (χ1n) is 3.57. The molecule has 0 radical (unpaired) electrons. The Hall–Kier alpha value is -1.52. The Morgan fingerprint density at radius 3 is 2.58 bits per heavy atom. The van der Waals surface area contributed by atoms with E-state index in [1.807, 2.05) is 0 Å². The third-order valence-electron chi connectivity index (χ3n) is 1.67. The van der Waals surface area contributed by atoms with Crippen molar-refractivity contribution in [3.63, 3.8) is 0 Å². The number of aromatic nitrogens is 2. The summed E-state index contributed by atoms with van der Waals surface area (Å²) in [4.78, 5) is 21.0. The molecule has 0 spiro atoms. The number of hydrogen-bond donors (Lipinski definition) is 2. The topological polar surface area (TPSA) is 88.8 Å². The maximum atomic E-state index is 11.0. The van der Waals surface area contributed by atoms with Crippen LogP contribution >= 0.6 is 0 Å². The molecule has 2 N–H and O–H groups in total. The number of carbonyl (C=O) groups is 1. The highest BCUT2D eigenvalue weighted by molar-refractivity contribution is 5.64. The summed E-state index contributed by atoms with van der Waals surface area (Å²) in [5.41, 5.74) is 0.911. The van der Waals surface area contributed by atoms with Gasteiger partial charge in [-0.2, -0.15) is 0 Å². The molecule has 0 fully saturated rings. The molecule has 0 aliphatic carbocycles. The maximum absolute atomic E-state index is 11.0. The molecule has 0 saturated heterocycles. The monoisotopic (exact) mass is 169 g/mol. The molecule has 0 aliphatic heterocycles. The smallest absolute Gasteiger partial charge is 0.267 e. The predicted molar refractivity (Wildman–Crippen MR) is 39.5 cm³/mol. The van der Waals surface area contributed by atoms with E-state index in [9.17, 15) is 14.7 Å². The molecule has 1 heterocycles. The van der Waals surface area contributed by atoms with Gasteiger partial charge in [0.25, 0.3) is 5.56 Å². The lowest BCUT2D eigenvalue weighted by Crippen LogP contribution is -2.23. The van der Waals surface area contributed by atoms with Gasteiger partial charge in [-0.15, -0.1) is 0 Å². The molecule has 1 rings (SSSR count). The van der Waals surface area contributed by atoms with Gasteiger partial charge in [-0.1, -0.05) is 0 Å². The molecule has 0 unspecified atom stereocenters. The number of H-pyrrole nitrogens is 2. The molecule has 1 aromatic heterocycles. The number of aliphatic carboxylic acids is 1. The highest BCUT2D eigenvalue weighted by Gasteiger charge is 2.04. The van der Waals surface area contributed by atoms with Gasteiger partial charge in [0.05, 0.1) is 0 Å². The van der Waals surface area contributed by atoms with Crippen molar-refractivity contribution in [1.29, 1.82) is 0 Å². The van der Waals surface area contributed by atoms with Gasteiger partial charge in [0.1, 0.15) is 0 Å². The van der Waals surface area contributed by atoms with Crippen molar-refractivity contribution in [2.75, 3.05) is 0 Å². The molecule has 12 heavy (non-hydrogen) atoms. The van der Waals surface area contributed by atoms with Crippen molar-refractivity contribution in [2.45, 2.75) is 19.8 Å². The van der Waals surface area contributed by atoms with Crippen LogP contribution in [-0.2, 0) is 11.2 Å². The van der Waals surface area contributed by atoms with Gasteiger partial charge in [-0.25, -0.2) is 0 Å². The number of nitrogens with one attached hydrogen (secondary N) is 2. The number of aryl methyl sites for hydroxylation is 1. The molecule has 0 atom stereocenters. The van der Waals surface area contributed by atoms with Crippen molar-refractivity contribution >= 4 is 5.97 Å². The molecule has 5 nitrogen and oxygen atoms in total. The average molecular weight is 169 g/mol. The summed E-state index contributed by atoms with van der Waals surface area (Å²) in [5, 5.41) is 15.1. The minimum Gasteiger partial charge on any atom is -0.550 e. The summed E-state index contributed by atoms with van der Waals surface area (Å²) in [6.07, 6.45) is 0.0920. The van der Waals surface area contributed by atoms with Crippen molar-refractivity contribution in [1.82, 2.24) is 10.2 Å². The average Bonchev–Trinajstić information content (AvgIpc) is 2.28. The number of rotatable bonds is 3. The zero-order valence-electron chi connectivity index (χ0n) is 6.64. The van der Waals surface area contributed by atoms with Gasteiger partial charge < -0.3 is 15.0 Å². The molecule has 0 bridgehead atoms. The lowest BCUT2D eigenvalue weighted by molar-refractivity contribution is -0.305. The van der Waals surface area contributed by atoms with Crippen LogP contribution < -0.4 is 10.7 Å². The first kappa shape index (κ1) is 8.58. The van der Waals surface area contributed by atoms with Gasteiger partial charge >= 0.3 is 0 Å². The summed E-state index contributed by atoms with van der Waals surface area (Å²) in [6, 6.07) is 0. The Bertz CT molecular complexity index is 337. The zero-order chi connectivity index (χ0) is 9.14. The van der Waals surface area contributed by atoms with Crippen LogP contribution in [0.15, 0.2) is 4.79 Å². The van der Waals surface area contributed by atoms with Gasteiger partial charge in [0.15, 0.2) is 0 Å². The highest BCUT2D eigenvalue weighted by atomic mass is 16.4. The molecule has 0 saturated carbocycles. The number of hydrogen-bond acceptors (Lipinski definition) is 3. The van der Waals surface area contributed by atoms with E-state index >= 15 is 0 Å². The Morgan fingerprint density at radius 2 is 2.17 bits per heavy atom. The normalized spacial score (nSPS) is 10.1. The Balaban J connectivity index is 2.75. The summed E-state index contributed by atoms with van der Waals surface area (Å²) in [5.74, 6) is -1.14. The lowest BCUT2D eigenvalue weighted by Gasteiger charge is -1.98. The zero-order valence-corrected chi connectivity index (χ0v) is 6.64. The van der Waals surface area contributed by atoms with E-state index in [0.717, 1.165) is 0 Å². The van der Waals surface area contributed by atoms with Crippen LogP contribution in [-0.4, -0.2) is 16.2 Å². The molecule has 66 valence electrons. The maximum Gasteiger partial charge on any atom is 0.267 e. The van der Waals surface area contributed by atoms with Gasteiger partial charge in [-0.05, 0) is 19.8 Å². The Kier molecular flexibility index (Phi) is 2.32. The van der Waals surface area contributed by atoms with Crippen LogP contribution in [0.2, 0.25) is 0 Å². The first-order chi connectivity index (χ1) is 5.61. The van der Waals surface area contributed by atoms with E-state index in [2.05, 4.69) is 10.2 Å². The van der Waals surface area contributed by atoms with E-state index in [1.54, 1.807) is 6.92 Å². The molecular weight excluding hydrogens is 160 g/mol. The summed E-state index contributed by atoms with van der Waals surface area (Å²) in [6.45, 7) is 1.71. The number of carboxylic acid groups (broad SMARTS) is 1. The van der Waals surface area contributed by atoms with E-state index in [4.69, 9.17) is 0 Å². The largest absolute Gasteiger partial charge is 0.550 e. The Morgan fingerprint density at radius 1 is 1.50 bits per heavy atom. The molecule has 0 amide bonds. The van der Waals surface area contributed by atoms with Crippen molar-refractivity contribution in [2.24, 2.45) is 0 Å². The van der Waals surface area contributed by atoms with Crippen LogP contribution in [0.5, 0.6) is 0 Å². The fourth-order valence-corrected chi connectivity index (χ4v) is 1.000. The SMILES string of the molecule is Cc1[nH][nH]c(=O)c1CCC(=O)[O-]. The molecular formula is C7H9N2O3-. The second-order valence-corrected chi connectivity index (χ2v) is 2.55. The summed E-state index contributed by atoms with van der Waals surface area (Å²) < 4.78 is 0. The quantitative estimate of drug-likeness (QED) is 0.589. The minimum atomic E-state index is -1.14. The standard InChI is InChI=1S/C7H10N2O3/c1-4-5(2-3-6(10)11)7(12)9-8-4/h2-3H2,1H3,(H,10,11)(H2,8,9,12)/p-1. The van der Waals surface area contributed by atoms with Gasteiger partial charge in [0, 0.05) is 17.2 Å². The fourth-order valence-electron chi connectivity index (χ4n) is 1.000. The molecule has 0 aliphatic rings. The van der Waals surface area contributed by atoms with Crippen LogP contribution in [0.3, 0.4) is 0 Å². The fraction of sp³-hybridized carbons (Fsp3) is 0.429. The van der Waals surface area contributed by atoms with E-state index in [0.29, 0.717) is 11.3 Å². The number of aromatic amines is 2. The predicted octanol–water partition coefficient (Wildman–Crippen LogP) is -1.31. The second-order valence-electron chi connectivity index (χ2n) is 2.55. The van der Waals surface area contributed by atoms with Crippen molar-refractivity contribution < 1.29 is 9.90 Å². The van der Waals surface area contributed by atoms with E-state index in [1.165, 1.54) is 0 Å². The van der Waals surface area contributed by atoms with Crippen LogP contribution in [0, 0.1) is 6.92 Å². The van der Waals surface area contributed by atoms with E-state index in [-0.39, 0.29) is 18.4 Å². The molecule has 1 aromatic rings. The van der Waals surface area contributed by atoms with Crippen molar-refractivity contribution in [3.05, 3.63) is 21.6 Å². The third kappa shape index (κ3) is 1.75. The molecule has 0 aromatic carbocycles. The second kappa shape index (κ2) is 3.25. The molecule has 5 heteroatoms. The first-order valence-corrected chi connectivity index (χ1v) is 3.57. The number of carbonyl (C=O) groups excluding carboxylic acids is 1. The third-order valence-corrected chi connectivity index (χ3v) is 1.67.